The number of halogens is 1. The highest BCUT2D eigenvalue weighted by Crippen LogP contribution is 2.31. The van der Waals surface area contributed by atoms with E-state index in [4.69, 9.17) is 4.98 Å². The average molecular weight is 437 g/mol. The number of anilines is 3. The van der Waals surface area contributed by atoms with E-state index in [1.54, 1.807) is 0 Å². The van der Waals surface area contributed by atoms with Crippen molar-refractivity contribution < 1.29 is 0 Å². The van der Waals surface area contributed by atoms with Crippen LogP contribution in [0.25, 0.3) is 21.8 Å². The monoisotopic (exact) mass is 436 g/mol. The van der Waals surface area contributed by atoms with Crippen molar-refractivity contribution in [2.75, 3.05) is 43.4 Å². The van der Waals surface area contributed by atoms with Crippen molar-refractivity contribution in [3.05, 3.63) is 53.1 Å². The van der Waals surface area contributed by atoms with Crippen molar-refractivity contribution in [2.45, 2.75) is 0 Å². The van der Waals surface area contributed by atoms with Gasteiger partial charge >= 0.3 is 0 Å². The second-order valence-corrected chi connectivity index (χ2v) is 8.15. The molecule has 2 aromatic carbocycles. The van der Waals surface area contributed by atoms with Gasteiger partial charge in [-0.3, -0.25) is 5.10 Å². The molecule has 0 saturated carbocycles. The Kier molecular flexibility index (Phi) is 4.41. The number of aromatic nitrogens is 3. The second kappa shape index (κ2) is 7.07. The van der Waals surface area contributed by atoms with Crippen LogP contribution in [0.2, 0.25) is 0 Å². The number of hydrogen-bond donors (Lipinski definition) is 2. The number of benzene rings is 2. The maximum absolute atomic E-state index is 4.80. The fourth-order valence-electron chi connectivity index (χ4n) is 3.71. The third kappa shape index (κ3) is 3.21. The van der Waals surface area contributed by atoms with Crippen LogP contribution in [0, 0.1) is 0 Å². The Bertz CT molecular complexity index is 1130. The van der Waals surface area contributed by atoms with E-state index in [2.05, 4.69) is 78.6 Å². The number of hydrogen-bond acceptors (Lipinski definition) is 5. The minimum Gasteiger partial charge on any atom is -0.369 e. The van der Waals surface area contributed by atoms with E-state index in [1.165, 1.54) is 5.69 Å². The molecule has 1 aliphatic rings. The van der Waals surface area contributed by atoms with Crippen LogP contribution in [-0.4, -0.2) is 53.3 Å². The lowest BCUT2D eigenvalue weighted by Gasteiger charge is -2.34. The van der Waals surface area contributed by atoms with Gasteiger partial charge in [0.1, 0.15) is 5.52 Å². The SMILES string of the molecule is CN1CCN(c2ccc(Nc3nc4ccc(Br)cc4c4c[nH]nc34)cc2)CC1. The van der Waals surface area contributed by atoms with Gasteiger partial charge in [-0.15, -0.1) is 0 Å². The summed E-state index contributed by atoms with van der Waals surface area (Å²) in [6.45, 7) is 4.35. The van der Waals surface area contributed by atoms with Gasteiger partial charge in [0.15, 0.2) is 5.82 Å². The summed E-state index contributed by atoms with van der Waals surface area (Å²) >= 11 is 3.54. The maximum Gasteiger partial charge on any atom is 0.159 e. The quantitative estimate of drug-likeness (QED) is 0.499. The second-order valence-electron chi connectivity index (χ2n) is 7.23. The van der Waals surface area contributed by atoms with E-state index < -0.39 is 0 Å². The zero-order chi connectivity index (χ0) is 19.1. The molecule has 4 aromatic rings. The van der Waals surface area contributed by atoms with Gasteiger partial charge in [0, 0.05) is 59.0 Å². The summed E-state index contributed by atoms with van der Waals surface area (Å²) in [4.78, 5) is 9.60. The van der Waals surface area contributed by atoms with Gasteiger partial charge in [-0.1, -0.05) is 15.9 Å². The number of likely N-dealkylation sites (N-methyl/N-ethyl adjacent to an activating group) is 1. The van der Waals surface area contributed by atoms with E-state index in [-0.39, 0.29) is 0 Å². The smallest absolute Gasteiger partial charge is 0.159 e. The van der Waals surface area contributed by atoms with E-state index in [9.17, 15) is 0 Å². The van der Waals surface area contributed by atoms with Crippen molar-refractivity contribution in [2.24, 2.45) is 0 Å². The number of fused-ring (bicyclic) bond motifs is 3. The minimum atomic E-state index is 0.762. The molecule has 0 unspecified atom stereocenters. The zero-order valence-corrected chi connectivity index (χ0v) is 17.2. The third-order valence-corrected chi connectivity index (χ3v) is 5.84. The van der Waals surface area contributed by atoms with E-state index >= 15 is 0 Å². The fraction of sp³-hybridized carbons (Fsp3) is 0.238. The highest BCUT2D eigenvalue weighted by molar-refractivity contribution is 9.10. The van der Waals surface area contributed by atoms with Crippen molar-refractivity contribution >= 4 is 54.9 Å². The third-order valence-electron chi connectivity index (χ3n) is 5.34. The molecule has 6 nitrogen and oxygen atoms in total. The highest BCUT2D eigenvalue weighted by Gasteiger charge is 2.15. The molecule has 142 valence electrons. The first-order chi connectivity index (χ1) is 13.7. The van der Waals surface area contributed by atoms with E-state index in [0.29, 0.717) is 0 Å². The molecule has 0 atom stereocenters. The lowest BCUT2D eigenvalue weighted by atomic mass is 10.1. The van der Waals surface area contributed by atoms with Gasteiger partial charge in [-0.05, 0) is 49.5 Å². The predicted molar refractivity (Wildman–Crippen MR) is 119 cm³/mol. The summed E-state index contributed by atoms with van der Waals surface area (Å²) in [5.41, 5.74) is 4.05. The molecule has 2 aromatic heterocycles. The molecule has 5 rings (SSSR count). The Hall–Kier alpha value is -2.64. The molecule has 7 heteroatoms. The first kappa shape index (κ1) is 17.5. The Balaban J connectivity index is 1.45. The number of piperazine rings is 1. The van der Waals surface area contributed by atoms with Gasteiger partial charge in [0.25, 0.3) is 0 Å². The minimum absolute atomic E-state index is 0.762. The Morgan fingerprint density at radius 2 is 1.79 bits per heavy atom. The van der Waals surface area contributed by atoms with Crippen LogP contribution >= 0.6 is 15.9 Å². The standard InChI is InChI=1S/C21H21BrN6/c1-27-8-10-28(11-9-27)16-5-3-15(4-6-16)24-21-20-18(13-23-26-20)17-12-14(22)2-7-19(17)25-21/h2-7,12-13H,8-11H2,1H3,(H,23,26)(H,24,25). The summed E-state index contributed by atoms with van der Waals surface area (Å²) in [7, 11) is 2.18. The van der Waals surface area contributed by atoms with Crippen LogP contribution in [-0.2, 0) is 0 Å². The van der Waals surface area contributed by atoms with Gasteiger partial charge < -0.3 is 15.1 Å². The van der Waals surface area contributed by atoms with Crippen molar-refractivity contribution in [1.82, 2.24) is 20.1 Å². The average Bonchev–Trinajstić information content (AvgIpc) is 3.20. The van der Waals surface area contributed by atoms with E-state index in [0.717, 1.165) is 64.0 Å². The number of rotatable bonds is 3. The molecular weight excluding hydrogens is 416 g/mol. The van der Waals surface area contributed by atoms with Crippen molar-refractivity contribution in [3.63, 3.8) is 0 Å². The normalized spacial score (nSPS) is 15.4. The lowest BCUT2D eigenvalue weighted by molar-refractivity contribution is 0.313. The van der Waals surface area contributed by atoms with Crippen LogP contribution in [0.5, 0.6) is 0 Å². The van der Waals surface area contributed by atoms with Gasteiger partial charge in [-0.25, -0.2) is 4.98 Å². The number of pyridine rings is 1. The number of nitrogens with zero attached hydrogens (tertiary/aromatic N) is 4. The molecule has 0 bridgehead atoms. The van der Waals surface area contributed by atoms with Gasteiger partial charge in [0.2, 0.25) is 0 Å². The molecule has 0 radical (unpaired) electrons. The topological polar surface area (TPSA) is 60.1 Å². The van der Waals surface area contributed by atoms with Gasteiger partial charge in [-0.2, -0.15) is 5.10 Å². The molecule has 1 aliphatic heterocycles. The largest absolute Gasteiger partial charge is 0.369 e. The fourth-order valence-corrected chi connectivity index (χ4v) is 4.08. The van der Waals surface area contributed by atoms with Crippen LogP contribution in [0.1, 0.15) is 0 Å². The first-order valence-corrected chi connectivity index (χ1v) is 10.2. The summed E-state index contributed by atoms with van der Waals surface area (Å²) in [5, 5.41) is 13.0. The Morgan fingerprint density at radius 1 is 1.00 bits per heavy atom. The Morgan fingerprint density at radius 3 is 2.57 bits per heavy atom. The van der Waals surface area contributed by atoms with Crippen molar-refractivity contribution in [3.8, 4) is 0 Å². The summed E-state index contributed by atoms with van der Waals surface area (Å²) < 4.78 is 1.03. The number of nitrogens with one attached hydrogen (secondary N) is 2. The lowest BCUT2D eigenvalue weighted by Crippen LogP contribution is -2.44. The molecular formula is C21H21BrN6. The maximum atomic E-state index is 4.80. The molecule has 0 spiro atoms. The molecule has 1 fully saturated rings. The zero-order valence-electron chi connectivity index (χ0n) is 15.6. The molecule has 3 heterocycles. The molecule has 1 saturated heterocycles. The van der Waals surface area contributed by atoms with E-state index in [1.807, 2.05) is 18.3 Å². The highest BCUT2D eigenvalue weighted by atomic mass is 79.9. The van der Waals surface area contributed by atoms with Crippen LogP contribution in [0.3, 0.4) is 0 Å². The molecule has 28 heavy (non-hydrogen) atoms. The summed E-state index contributed by atoms with van der Waals surface area (Å²) in [6, 6.07) is 14.7. The molecule has 0 aliphatic carbocycles. The van der Waals surface area contributed by atoms with Crippen LogP contribution in [0.4, 0.5) is 17.2 Å². The number of H-pyrrole nitrogens is 1. The Labute approximate surface area is 171 Å². The van der Waals surface area contributed by atoms with Crippen molar-refractivity contribution in [1.29, 1.82) is 0 Å². The number of aromatic amines is 1. The summed E-state index contributed by atoms with van der Waals surface area (Å²) in [6.07, 6.45) is 1.92. The summed E-state index contributed by atoms with van der Waals surface area (Å²) in [5.74, 6) is 0.762. The van der Waals surface area contributed by atoms with Crippen LogP contribution in [0.15, 0.2) is 53.1 Å². The molecule has 2 N–H and O–H groups in total. The predicted octanol–water partition coefficient (Wildman–Crippen LogP) is 4.37. The molecule has 0 amide bonds. The van der Waals surface area contributed by atoms with Gasteiger partial charge in [0.05, 0.1) is 5.52 Å². The first-order valence-electron chi connectivity index (χ1n) is 9.41. The van der Waals surface area contributed by atoms with Crippen LogP contribution < -0.4 is 10.2 Å².